The van der Waals surface area contributed by atoms with Crippen molar-refractivity contribution in [3.05, 3.63) is 83.1 Å². The zero-order valence-corrected chi connectivity index (χ0v) is 17.1. The Morgan fingerprint density at radius 1 is 1.03 bits per heavy atom. The van der Waals surface area contributed by atoms with Crippen LogP contribution in [0.3, 0.4) is 0 Å². The Labute approximate surface area is 181 Å². The molecule has 2 aliphatic rings. The van der Waals surface area contributed by atoms with Crippen LogP contribution in [0, 0.1) is 45.3 Å². The lowest BCUT2D eigenvalue weighted by atomic mass is 9.58. The lowest BCUT2D eigenvalue weighted by Crippen LogP contribution is -2.47. The molecule has 1 aliphatic carbocycles. The summed E-state index contributed by atoms with van der Waals surface area (Å²) in [6.07, 6.45) is 1.98. The van der Waals surface area contributed by atoms with Gasteiger partial charge in [0.15, 0.2) is 5.41 Å². The number of allylic oxidation sites excluding steroid dienone is 2. The van der Waals surface area contributed by atoms with Gasteiger partial charge in [-0.25, -0.2) is 0 Å². The molecule has 2 aromatic carbocycles. The zero-order valence-electron chi connectivity index (χ0n) is 17.1. The smallest absolute Gasteiger partial charge is 0.191 e. The molecule has 0 fully saturated rings. The quantitative estimate of drug-likeness (QED) is 0.828. The van der Waals surface area contributed by atoms with E-state index in [1.807, 2.05) is 67.7 Å². The minimum absolute atomic E-state index is 0.0337. The molecule has 0 bridgehead atoms. The summed E-state index contributed by atoms with van der Waals surface area (Å²) in [5.74, 6) is 0.552. The van der Waals surface area contributed by atoms with Crippen LogP contribution in [-0.4, -0.2) is 25.0 Å². The molecule has 0 saturated heterocycles. The number of ether oxygens (including phenoxy) is 1. The molecule has 0 unspecified atom stereocenters. The molecule has 2 atom stereocenters. The highest BCUT2D eigenvalue weighted by Crippen LogP contribution is 2.54. The van der Waals surface area contributed by atoms with Gasteiger partial charge in [0.2, 0.25) is 0 Å². The second-order valence-corrected chi connectivity index (χ2v) is 7.88. The summed E-state index contributed by atoms with van der Waals surface area (Å²) >= 11 is 0. The summed E-state index contributed by atoms with van der Waals surface area (Å²) in [6, 6.07) is 23.3. The highest BCUT2D eigenvalue weighted by molar-refractivity contribution is 5.59. The van der Waals surface area contributed by atoms with Crippen LogP contribution in [0.2, 0.25) is 0 Å². The van der Waals surface area contributed by atoms with Crippen molar-refractivity contribution in [3.63, 3.8) is 0 Å². The van der Waals surface area contributed by atoms with Crippen LogP contribution in [0.25, 0.3) is 0 Å². The number of nitrogens with zero attached hydrogens (tertiary/aromatic N) is 4. The van der Waals surface area contributed by atoms with Gasteiger partial charge in [0.05, 0.1) is 23.4 Å². The van der Waals surface area contributed by atoms with E-state index in [1.54, 1.807) is 0 Å². The van der Waals surface area contributed by atoms with Crippen LogP contribution in [0.4, 0.5) is 0 Å². The Hall–Kier alpha value is -4.05. The van der Waals surface area contributed by atoms with E-state index in [0.29, 0.717) is 24.6 Å². The van der Waals surface area contributed by atoms with Crippen molar-refractivity contribution in [2.75, 3.05) is 20.1 Å². The van der Waals surface area contributed by atoms with Crippen LogP contribution in [-0.2, 0) is 0 Å². The first kappa shape index (κ1) is 20.2. The van der Waals surface area contributed by atoms with E-state index in [-0.39, 0.29) is 17.2 Å². The van der Waals surface area contributed by atoms with Gasteiger partial charge in [-0.1, -0.05) is 36.4 Å². The van der Waals surface area contributed by atoms with Crippen molar-refractivity contribution < 1.29 is 4.74 Å². The molecule has 4 rings (SSSR count). The van der Waals surface area contributed by atoms with Crippen molar-refractivity contribution in [2.24, 2.45) is 17.1 Å². The van der Waals surface area contributed by atoms with Gasteiger partial charge in [0, 0.05) is 24.9 Å². The molecule has 0 aromatic heterocycles. The number of fused-ring (bicyclic) bond motifs is 1. The number of hydrogen-bond donors (Lipinski definition) is 1. The Balaban J connectivity index is 1.87. The van der Waals surface area contributed by atoms with Crippen molar-refractivity contribution in [1.82, 2.24) is 4.90 Å². The van der Waals surface area contributed by atoms with E-state index < -0.39 is 11.3 Å². The maximum atomic E-state index is 10.2. The highest BCUT2D eigenvalue weighted by Gasteiger charge is 2.54. The van der Waals surface area contributed by atoms with E-state index >= 15 is 0 Å². The molecule has 0 spiro atoms. The minimum Gasteiger partial charge on any atom is -0.457 e. The molecule has 31 heavy (non-hydrogen) atoms. The topological polar surface area (TPSA) is 110 Å². The second-order valence-electron chi connectivity index (χ2n) is 7.88. The van der Waals surface area contributed by atoms with E-state index in [1.165, 1.54) is 0 Å². The standard InChI is InChI=1S/C25H21N5O/c1-30-11-10-20-21(13-26)24(29)25(15-27,16-28)23(22(20)14-30)17-6-5-9-19(12-17)31-18-7-3-2-4-8-18/h2-10,12,22-23H,11,14,29H2,1H3/t22-,23-/m0/s1. The van der Waals surface area contributed by atoms with Crippen molar-refractivity contribution in [1.29, 1.82) is 15.8 Å². The van der Waals surface area contributed by atoms with Crippen molar-refractivity contribution in [3.8, 4) is 29.7 Å². The summed E-state index contributed by atoms with van der Waals surface area (Å²) < 4.78 is 5.99. The number of rotatable bonds is 3. The first-order valence-corrected chi connectivity index (χ1v) is 9.98. The fourth-order valence-corrected chi connectivity index (χ4v) is 4.60. The fraction of sp³-hybridized carbons (Fsp3) is 0.240. The van der Waals surface area contributed by atoms with Gasteiger partial charge in [0.1, 0.15) is 17.6 Å². The largest absolute Gasteiger partial charge is 0.457 e. The van der Waals surface area contributed by atoms with E-state index in [0.717, 1.165) is 11.1 Å². The van der Waals surface area contributed by atoms with Crippen LogP contribution < -0.4 is 10.5 Å². The third-order valence-corrected chi connectivity index (χ3v) is 6.04. The number of nitriles is 3. The first-order valence-electron chi connectivity index (χ1n) is 9.98. The Morgan fingerprint density at radius 2 is 1.74 bits per heavy atom. The van der Waals surface area contributed by atoms with Gasteiger partial charge in [-0.05, 0) is 42.4 Å². The van der Waals surface area contributed by atoms with Gasteiger partial charge < -0.3 is 15.4 Å². The van der Waals surface area contributed by atoms with Crippen LogP contribution in [0.15, 0.2) is 77.5 Å². The number of likely N-dealkylation sites (N-methyl/N-ethyl adjacent to an activating group) is 1. The lowest BCUT2D eigenvalue weighted by Gasteiger charge is -2.45. The average molecular weight is 407 g/mol. The minimum atomic E-state index is -1.64. The molecular weight excluding hydrogens is 386 g/mol. The molecule has 2 aromatic rings. The lowest BCUT2D eigenvalue weighted by molar-refractivity contribution is 0.237. The summed E-state index contributed by atoms with van der Waals surface area (Å²) in [6.45, 7) is 1.30. The Morgan fingerprint density at radius 3 is 2.42 bits per heavy atom. The molecule has 0 radical (unpaired) electrons. The van der Waals surface area contributed by atoms with Gasteiger partial charge in [-0.3, -0.25) is 0 Å². The van der Waals surface area contributed by atoms with E-state index in [9.17, 15) is 15.8 Å². The predicted octanol–water partition coefficient (Wildman–Crippen LogP) is 3.83. The maximum Gasteiger partial charge on any atom is 0.191 e. The predicted molar refractivity (Wildman–Crippen MR) is 115 cm³/mol. The third-order valence-electron chi connectivity index (χ3n) is 6.04. The van der Waals surface area contributed by atoms with Crippen LogP contribution in [0.5, 0.6) is 11.5 Å². The van der Waals surface area contributed by atoms with Crippen LogP contribution >= 0.6 is 0 Å². The monoisotopic (exact) mass is 407 g/mol. The summed E-state index contributed by atoms with van der Waals surface area (Å²) in [7, 11) is 1.98. The molecule has 1 aliphatic heterocycles. The highest BCUT2D eigenvalue weighted by atomic mass is 16.5. The number of benzene rings is 2. The van der Waals surface area contributed by atoms with Gasteiger partial charge in [-0.2, -0.15) is 15.8 Å². The Bertz CT molecular complexity index is 1180. The van der Waals surface area contributed by atoms with Gasteiger partial charge >= 0.3 is 0 Å². The molecule has 6 heteroatoms. The SMILES string of the molecule is CN1CC=C2C(C#N)=C(N)C(C#N)(C#N)[C@@H](c3cccc(Oc4ccccc4)c3)[C@H]2C1. The third kappa shape index (κ3) is 3.32. The van der Waals surface area contributed by atoms with Gasteiger partial charge in [-0.15, -0.1) is 0 Å². The molecule has 152 valence electrons. The first-order chi connectivity index (χ1) is 15.0. The fourth-order valence-electron chi connectivity index (χ4n) is 4.60. The maximum absolute atomic E-state index is 10.2. The molecule has 2 N–H and O–H groups in total. The molecule has 6 nitrogen and oxygen atoms in total. The zero-order chi connectivity index (χ0) is 22.0. The Kier molecular flexibility index (Phi) is 5.22. The van der Waals surface area contributed by atoms with Crippen LogP contribution in [0.1, 0.15) is 11.5 Å². The number of para-hydroxylation sites is 1. The van der Waals surface area contributed by atoms with E-state index in [4.69, 9.17) is 10.5 Å². The number of hydrogen-bond acceptors (Lipinski definition) is 6. The molecule has 0 amide bonds. The van der Waals surface area contributed by atoms with Gasteiger partial charge in [0.25, 0.3) is 0 Å². The van der Waals surface area contributed by atoms with Crippen molar-refractivity contribution in [2.45, 2.75) is 5.92 Å². The molecular formula is C25H21N5O. The summed E-state index contributed by atoms with van der Waals surface area (Å²) in [5.41, 5.74) is 6.60. The summed E-state index contributed by atoms with van der Waals surface area (Å²) in [5, 5.41) is 30.1. The second kappa shape index (κ2) is 8.00. The average Bonchev–Trinajstić information content (AvgIpc) is 2.79. The molecule has 0 saturated carbocycles. The number of nitrogens with two attached hydrogens (primary N) is 1. The summed E-state index contributed by atoms with van der Waals surface area (Å²) in [4.78, 5) is 2.11. The van der Waals surface area contributed by atoms with Crippen molar-refractivity contribution >= 4 is 0 Å². The molecule has 1 heterocycles. The van der Waals surface area contributed by atoms with E-state index in [2.05, 4.69) is 23.1 Å². The normalized spacial score (nSPS) is 22.3.